The molecule has 0 spiro atoms. The second kappa shape index (κ2) is 9.49. The van der Waals surface area contributed by atoms with E-state index in [4.69, 9.17) is 14.0 Å². The number of carbonyl (C=O) groups is 1. The molecule has 11 heteroatoms. The molecule has 2 heterocycles. The zero-order valence-corrected chi connectivity index (χ0v) is 17.7. The number of nitrogens with one attached hydrogen (secondary N) is 1. The zero-order valence-electron chi connectivity index (χ0n) is 17.7. The van der Waals surface area contributed by atoms with Gasteiger partial charge < -0.3 is 24.2 Å². The minimum absolute atomic E-state index is 0.105. The van der Waals surface area contributed by atoms with E-state index in [1.165, 1.54) is 19.2 Å². The Morgan fingerprint density at radius 2 is 1.88 bits per heavy atom. The number of anilines is 1. The van der Waals surface area contributed by atoms with Crippen LogP contribution >= 0.6 is 0 Å². The molecule has 8 nitrogen and oxygen atoms in total. The molecular formula is C22H21F3N4O4. The van der Waals surface area contributed by atoms with Crippen LogP contribution in [0.15, 0.2) is 47.0 Å². The van der Waals surface area contributed by atoms with Gasteiger partial charge in [-0.1, -0.05) is 17.3 Å². The molecule has 0 unspecified atom stereocenters. The number of rotatable bonds is 6. The Morgan fingerprint density at radius 1 is 1.15 bits per heavy atom. The first kappa shape index (κ1) is 22.6. The first-order chi connectivity index (χ1) is 15.8. The largest absolute Gasteiger partial charge is 0.495 e. The highest BCUT2D eigenvalue weighted by Crippen LogP contribution is 2.31. The lowest BCUT2D eigenvalue weighted by Gasteiger charge is -2.27. The number of hydrogen-bond acceptors (Lipinski definition) is 7. The molecule has 0 bridgehead atoms. The summed E-state index contributed by atoms with van der Waals surface area (Å²) in [6.45, 7) is 2.20. The maximum atomic E-state index is 12.8. The van der Waals surface area contributed by atoms with Crippen molar-refractivity contribution in [3.05, 3.63) is 59.5 Å². The predicted molar refractivity (Wildman–Crippen MR) is 112 cm³/mol. The van der Waals surface area contributed by atoms with Crippen LogP contribution in [-0.4, -0.2) is 54.4 Å². The van der Waals surface area contributed by atoms with Gasteiger partial charge in [0.05, 0.1) is 38.1 Å². The van der Waals surface area contributed by atoms with Gasteiger partial charge in [0.25, 0.3) is 5.91 Å². The quantitative estimate of drug-likeness (QED) is 0.595. The Balaban J connectivity index is 1.45. The van der Waals surface area contributed by atoms with Crippen LogP contribution in [0.2, 0.25) is 0 Å². The fourth-order valence-electron chi connectivity index (χ4n) is 3.35. The number of carbonyl (C=O) groups excluding carboxylic acids is 1. The molecule has 0 aliphatic carbocycles. The molecule has 1 amide bonds. The van der Waals surface area contributed by atoms with E-state index in [0.29, 0.717) is 48.9 Å². The normalized spacial score (nSPS) is 14.2. The number of morpholine rings is 1. The van der Waals surface area contributed by atoms with Crippen LogP contribution in [0.1, 0.15) is 21.8 Å². The van der Waals surface area contributed by atoms with Gasteiger partial charge in [0, 0.05) is 24.2 Å². The summed E-state index contributed by atoms with van der Waals surface area (Å²) >= 11 is 0. The lowest BCUT2D eigenvalue weighted by atomic mass is 10.1. The van der Waals surface area contributed by atoms with E-state index in [1.54, 1.807) is 23.1 Å². The molecular weight excluding hydrogens is 441 g/mol. The number of alkyl halides is 3. The molecule has 1 aliphatic heterocycles. The van der Waals surface area contributed by atoms with Crippen molar-refractivity contribution in [2.75, 3.05) is 38.7 Å². The third kappa shape index (κ3) is 5.25. The van der Waals surface area contributed by atoms with Gasteiger partial charge in [0.15, 0.2) is 0 Å². The van der Waals surface area contributed by atoms with Gasteiger partial charge in [-0.3, -0.25) is 4.79 Å². The summed E-state index contributed by atoms with van der Waals surface area (Å²) in [5, 5.41) is 6.94. The fourth-order valence-corrected chi connectivity index (χ4v) is 3.35. The number of methoxy groups -OCH3 is 1. The van der Waals surface area contributed by atoms with Crippen LogP contribution in [0.4, 0.5) is 18.9 Å². The average molecular weight is 462 g/mol. The van der Waals surface area contributed by atoms with Gasteiger partial charge in [-0.15, -0.1) is 0 Å². The number of aromatic nitrogens is 2. The van der Waals surface area contributed by atoms with Crippen molar-refractivity contribution >= 4 is 11.6 Å². The van der Waals surface area contributed by atoms with Crippen molar-refractivity contribution in [2.45, 2.75) is 12.7 Å². The molecule has 1 aromatic heterocycles. The van der Waals surface area contributed by atoms with Gasteiger partial charge in [-0.2, -0.15) is 18.2 Å². The standard InChI is InChI=1S/C22H21F3N4O4/c1-31-18-7-4-15(21(30)29-8-10-32-11-9-29)12-17(18)26-13-19-27-20(28-33-19)14-2-5-16(6-3-14)22(23,24)25/h2-7,12,26H,8-11,13H2,1H3. The number of benzene rings is 2. The zero-order chi connectivity index (χ0) is 23.4. The molecule has 0 atom stereocenters. The smallest absolute Gasteiger partial charge is 0.416 e. The Morgan fingerprint density at radius 3 is 2.55 bits per heavy atom. The van der Waals surface area contributed by atoms with Gasteiger partial charge in [0.1, 0.15) is 5.75 Å². The third-order valence-corrected chi connectivity index (χ3v) is 5.11. The second-order valence-electron chi connectivity index (χ2n) is 7.26. The average Bonchev–Trinajstić information content (AvgIpc) is 3.31. The van der Waals surface area contributed by atoms with Crippen LogP contribution in [0.25, 0.3) is 11.4 Å². The predicted octanol–water partition coefficient (Wildman–Crippen LogP) is 3.85. The molecule has 3 aromatic rings. The number of amides is 1. The molecule has 1 saturated heterocycles. The summed E-state index contributed by atoms with van der Waals surface area (Å²) in [6.07, 6.45) is -4.42. The van der Waals surface area contributed by atoms with E-state index in [-0.39, 0.29) is 24.2 Å². The highest BCUT2D eigenvalue weighted by molar-refractivity contribution is 5.95. The molecule has 1 fully saturated rings. The molecule has 1 N–H and O–H groups in total. The maximum Gasteiger partial charge on any atom is 0.416 e. The van der Waals surface area contributed by atoms with Crippen molar-refractivity contribution in [3.8, 4) is 17.1 Å². The summed E-state index contributed by atoms with van der Waals surface area (Å²) in [4.78, 5) is 18.7. The number of halogens is 3. The van der Waals surface area contributed by atoms with E-state index in [1.807, 2.05) is 0 Å². The number of ether oxygens (including phenoxy) is 2. The Hall–Kier alpha value is -3.60. The lowest BCUT2D eigenvalue weighted by molar-refractivity contribution is -0.137. The monoisotopic (exact) mass is 462 g/mol. The van der Waals surface area contributed by atoms with Crippen molar-refractivity contribution in [1.82, 2.24) is 15.0 Å². The summed E-state index contributed by atoms with van der Waals surface area (Å²) in [5.74, 6) is 0.808. The van der Waals surface area contributed by atoms with Gasteiger partial charge in [0.2, 0.25) is 11.7 Å². The van der Waals surface area contributed by atoms with E-state index < -0.39 is 11.7 Å². The first-order valence-electron chi connectivity index (χ1n) is 10.1. The number of nitrogens with zero attached hydrogens (tertiary/aromatic N) is 3. The van der Waals surface area contributed by atoms with Gasteiger partial charge in [-0.25, -0.2) is 0 Å². The molecule has 2 aromatic carbocycles. The highest BCUT2D eigenvalue weighted by atomic mass is 19.4. The van der Waals surface area contributed by atoms with Gasteiger partial charge >= 0.3 is 6.18 Å². The fraction of sp³-hybridized carbons (Fsp3) is 0.318. The molecule has 0 saturated carbocycles. The molecule has 4 rings (SSSR count). The second-order valence-corrected chi connectivity index (χ2v) is 7.26. The summed E-state index contributed by atoms with van der Waals surface area (Å²) in [5.41, 5.74) is 0.700. The topological polar surface area (TPSA) is 89.7 Å². The molecule has 0 radical (unpaired) electrons. The molecule has 1 aliphatic rings. The van der Waals surface area contributed by atoms with Crippen molar-refractivity contribution in [2.24, 2.45) is 0 Å². The van der Waals surface area contributed by atoms with E-state index in [0.717, 1.165) is 12.1 Å². The van der Waals surface area contributed by atoms with Crippen molar-refractivity contribution < 1.29 is 32.0 Å². The van der Waals surface area contributed by atoms with E-state index in [9.17, 15) is 18.0 Å². The van der Waals surface area contributed by atoms with Crippen LogP contribution < -0.4 is 10.1 Å². The van der Waals surface area contributed by atoms with Gasteiger partial charge in [-0.05, 0) is 30.3 Å². The van der Waals surface area contributed by atoms with Crippen molar-refractivity contribution in [1.29, 1.82) is 0 Å². The highest BCUT2D eigenvalue weighted by Gasteiger charge is 2.30. The summed E-state index contributed by atoms with van der Waals surface area (Å²) < 4.78 is 54.1. The van der Waals surface area contributed by atoms with Crippen molar-refractivity contribution in [3.63, 3.8) is 0 Å². The Kier molecular flexibility index (Phi) is 6.50. The van der Waals surface area contributed by atoms with Crippen LogP contribution in [0.3, 0.4) is 0 Å². The van der Waals surface area contributed by atoms with E-state index in [2.05, 4.69) is 15.5 Å². The molecule has 33 heavy (non-hydrogen) atoms. The van der Waals surface area contributed by atoms with Crippen LogP contribution in [0, 0.1) is 0 Å². The molecule has 174 valence electrons. The minimum atomic E-state index is -4.42. The first-order valence-corrected chi connectivity index (χ1v) is 10.1. The summed E-state index contributed by atoms with van der Waals surface area (Å²) in [6, 6.07) is 9.57. The third-order valence-electron chi connectivity index (χ3n) is 5.11. The van der Waals surface area contributed by atoms with E-state index >= 15 is 0 Å². The SMILES string of the molecule is COc1ccc(C(=O)N2CCOCC2)cc1NCc1nc(-c2ccc(C(F)(F)F)cc2)no1. The maximum absolute atomic E-state index is 12.8. The van der Waals surface area contributed by atoms with Crippen LogP contribution in [-0.2, 0) is 17.5 Å². The number of hydrogen-bond donors (Lipinski definition) is 1. The Labute approximate surface area is 187 Å². The van der Waals surface area contributed by atoms with Crippen LogP contribution in [0.5, 0.6) is 5.75 Å². The minimum Gasteiger partial charge on any atom is -0.495 e. The lowest BCUT2D eigenvalue weighted by Crippen LogP contribution is -2.40. The summed E-state index contributed by atoms with van der Waals surface area (Å²) in [7, 11) is 1.51. The Bertz CT molecular complexity index is 1110.